The van der Waals surface area contributed by atoms with Crippen LogP contribution in [-0.2, 0) is 14.3 Å². The Balaban J connectivity index is 5.08. The van der Waals surface area contributed by atoms with Crippen molar-refractivity contribution in [3.8, 4) is 0 Å². The van der Waals surface area contributed by atoms with Crippen molar-refractivity contribution in [1.82, 2.24) is 5.32 Å². The zero-order valence-electron chi connectivity index (χ0n) is 16.1. The van der Waals surface area contributed by atoms with Crippen molar-refractivity contribution in [2.45, 2.75) is 96.5 Å². The number of nitrogens with two attached hydrogens (primary N) is 1. The highest BCUT2D eigenvalue weighted by Crippen LogP contribution is 2.19. The molecule has 4 unspecified atom stereocenters. The number of aliphatic hydroxyl groups is 1. The Morgan fingerprint density at radius 3 is 2.08 bits per heavy atom. The van der Waals surface area contributed by atoms with Gasteiger partial charge in [-0.05, 0) is 40.5 Å². The quantitative estimate of drug-likeness (QED) is 0.407. The van der Waals surface area contributed by atoms with E-state index in [1.807, 2.05) is 20.8 Å². The molecule has 0 aromatic heterocycles. The highest BCUT2D eigenvalue weighted by atomic mass is 16.5. The van der Waals surface area contributed by atoms with E-state index in [-0.39, 0.29) is 24.4 Å². The molecule has 0 rings (SSSR count). The Bertz CT molecular complexity index is 431. The molecule has 4 atom stereocenters. The van der Waals surface area contributed by atoms with Gasteiger partial charge in [0.25, 0.3) is 0 Å². The van der Waals surface area contributed by atoms with Crippen LogP contribution in [0.15, 0.2) is 0 Å². The molecule has 0 heterocycles. The summed E-state index contributed by atoms with van der Waals surface area (Å²) >= 11 is 0. The monoisotopic (exact) mass is 340 g/mol. The summed E-state index contributed by atoms with van der Waals surface area (Å²) < 4.78 is 5.35. The SMILES string of the molecule is [B]C(C)CC(C)OC(=O)C(C)(N)CC(NC(C)C)C(=O)C(C)(C)O. The van der Waals surface area contributed by atoms with Gasteiger partial charge in [0, 0.05) is 6.04 Å². The smallest absolute Gasteiger partial charge is 0.326 e. The third kappa shape index (κ3) is 8.26. The molecule has 0 fully saturated rings. The molecule has 0 saturated heterocycles. The van der Waals surface area contributed by atoms with Crippen molar-refractivity contribution in [1.29, 1.82) is 0 Å². The first-order chi connectivity index (χ1) is 10.7. The van der Waals surface area contributed by atoms with Gasteiger partial charge in [-0.25, -0.2) is 0 Å². The first kappa shape index (κ1) is 23.1. The zero-order valence-corrected chi connectivity index (χ0v) is 16.1. The van der Waals surface area contributed by atoms with E-state index < -0.39 is 28.9 Å². The van der Waals surface area contributed by atoms with Crippen LogP contribution in [0.4, 0.5) is 0 Å². The number of carbonyl (C=O) groups excluding carboxylic acids is 2. The molecule has 0 aliphatic carbocycles. The number of esters is 1. The summed E-state index contributed by atoms with van der Waals surface area (Å²) in [5.41, 5.74) is 3.24. The largest absolute Gasteiger partial charge is 0.461 e. The lowest BCUT2D eigenvalue weighted by molar-refractivity contribution is -0.155. The fourth-order valence-electron chi connectivity index (χ4n) is 2.45. The third-order valence-electron chi connectivity index (χ3n) is 3.56. The maximum absolute atomic E-state index is 12.4. The summed E-state index contributed by atoms with van der Waals surface area (Å²) in [6.45, 7) is 11.7. The highest BCUT2D eigenvalue weighted by Gasteiger charge is 2.40. The second-order valence-corrected chi connectivity index (χ2v) is 7.85. The van der Waals surface area contributed by atoms with Crippen molar-refractivity contribution in [2.75, 3.05) is 0 Å². The third-order valence-corrected chi connectivity index (χ3v) is 3.56. The topological polar surface area (TPSA) is 102 Å². The molecule has 138 valence electrons. The zero-order chi connectivity index (χ0) is 19.3. The summed E-state index contributed by atoms with van der Waals surface area (Å²) in [5, 5.41) is 13.1. The molecule has 24 heavy (non-hydrogen) atoms. The van der Waals surface area contributed by atoms with Crippen LogP contribution in [0.1, 0.15) is 61.3 Å². The number of carbonyl (C=O) groups is 2. The van der Waals surface area contributed by atoms with Gasteiger partial charge in [0.15, 0.2) is 5.78 Å². The van der Waals surface area contributed by atoms with Gasteiger partial charge < -0.3 is 20.9 Å². The number of Topliss-reactive ketones (excluding diaryl/α,β-unsaturated/α-hetero) is 1. The lowest BCUT2D eigenvalue weighted by Gasteiger charge is -2.32. The van der Waals surface area contributed by atoms with E-state index in [9.17, 15) is 14.7 Å². The van der Waals surface area contributed by atoms with Gasteiger partial charge in [-0.1, -0.05) is 26.6 Å². The van der Waals surface area contributed by atoms with Gasteiger partial charge >= 0.3 is 5.97 Å². The summed E-state index contributed by atoms with van der Waals surface area (Å²) in [7, 11) is 5.70. The average Bonchev–Trinajstić information content (AvgIpc) is 2.33. The normalized spacial score (nSPS) is 18.6. The summed E-state index contributed by atoms with van der Waals surface area (Å²) in [4.78, 5) is 24.8. The second-order valence-electron chi connectivity index (χ2n) is 7.85. The van der Waals surface area contributed by atoms with Crippen molar-refractivity contribution in [3.05, 3.63) is 0 Å². The highest BCUT2D eigenvalue weighted by molar-refractivity contribution is 6.11. The van der Waals surface area contributed by atoms with E-state index >= 15 is 0 Å². The molecule has 2 radical (unpaired) electrons. The van der Waals surface area contributed by atoms with Crippen LogP contribution >= 0.6 is 0 Å². The van der Waals surface area contributed by atoms with E-state index in [0.717, 1.165) is 0 Å². The molecule has 7 heteroatoms. The van der Waals surface area contributed by atoms with Crippen LogP contribution in [0.3, 0.4) is 0 Å². The molecular weight excluding hydrogens is 307 g/mol. The average molecular weight is 340 g/mol. The molecule has 0 spiro atoms. The Morgan fingerprint density at radius 1 is 1.21 bits per heavy atom. The van der Waals surface area contributed by atoms with Crippen LogP contribution in [-0.4, -0.2) is 54.0 Å². The lowest BCUT2D eigenvalue weighted by Crippen LogP contribution is -2.57. The Morgan fingerprint density at radius 2 is 1.71 bits per heavy atom. The summed E-state index contributed by atoms with van der Waals surface area (Å²) in [5.74, 6) is -1.09. The fraction of sp³-hybridized carbons (Fsp3) is 0.882. The van der Waals surface area contributed by atoms with E-state index in [1.54, 1.807) is 6.92 Å². The van der Waals surface area contributed by atoms with Crippen LogP contribution < -0.4 is 11.1 Å². The molecule has 0 aliphatic heterocycles. The molecule has 0 amide bonds. The van der Waals surface area contributed by atoms with Gasteiger partial charge in [-0.2, -0.15) is 0 Å². The number of hydrogen-bond donors (Lipinski definition) is 3. The van der Waals surface area contributed by atoms with Crippen LogP contribution in [0.5, 0.6) is 0 Å². The second kappa shape index (κ2) is 8.97. The Kier molecular flexibility index (Phi) is 8.63. The van der Waals surface area contributed by atoms with Gasteiger partial charge in [0.05, 0.1) is 20.0 Å². The molecule has 0 bridgehead atoms. The predicted octanol–water partition coefficient (Wildman–Crippen LogP) is 1.10. The van der Waals surface area contributed by atoms with Crippen LogP contribution in [0.2, 0.25) is 5.82 Å². The number of nitrogens with one attached hydrogen (secondary N) is 1. The van der Waals surface area contributed by atoms with E-state index in [1.165, 1.54) is 20.8 Å². The van der Waals surface area contributed by atoms with Crippen molar-refractivity contribution in [2.24, 2.45) is 5.73 Å². The molecule has 0 aromatic rings. The maximum atomic E-state index is 12.4. The summed E-state index contributed by atoms with van der Waals surface area (Å²) in [6.07, 6.45) is 0.192. The molecule has 0 aliphatic rings. The molecule has 6 nitrogen and oxygen atoms in total. The van der Waals surface area contributed by atoms with Crippen molar-refractivity contribution < 1.29 is 19.4 Å². The van der Waals surface area contributed by atoms with Crippen molar-refractivity contribution >= 4 is 19.6 Å². The van der Waals surface area contributed by atoms with Gasteiger partial charge in [0.2, 0.25) is 0 Å². The number of ketones is 1. The first-order valence-electron chi connectivity index (χ1n) is 8.45. The lowest BCUT2D eigenvalue weighted by atomic mass is 9.84. The molecule has 0 saturated carbocycles. The van der Waals surface area contributed by atoms with Crippen LogP contribution in [0.25, 0.3) is 0 Å². The van der Waals surface area contributed by atoms with E-state index in [0.29, 0.717) is 6.42 Å². The standard InChI is InChI=1S/C17H33BN2O4/c1-10(2)20-13(14(21)16(5,6)23)9-17(7,19)15(22)24-12(4)8-11(3)18/h10-13,20,23H,8-9,19H2,1-7H3. The van der Waals surface area contributed by atoms with Crippen LogP contribution in [0, 0.1) is 0 Å². The van der Waals surface area contributed by atoms with Crippen molar-refractivity contribution in [3.63, 3.8) is 0 Å². The minimum Gasteiger partial charge on any atom is -0.461 e. The molecule has 0 aromatic carbocycles. The molecule has 4 N–H and O–H groups in total. The van der Waals surface area contributed by atoms with Gasteiger partial charge in [-0.3, -0.25) is 9.59 Å². The van der Waals surface area contributed by atoms with Gasteiger partial charge in [-0.15, -0.1) is 0 Å². The first-order valence-corrected chi connectivity index (χ1v) is 8.45. The Hall–Kier alpha value is -0.915. The van der Waals surface area contributed by atoms with E-state index in [4.69, 9.17) is 18.3 Å². The van der Waals surface area contributed by atoms with Gasteiger partial charge in [0.1, 0.15) is 11.1 Å². The summed E-state index contributed by atoms with van der Waals surface area (Å²) in [6, 6.07) is -0.763. The fourth-order valence-corrected chi connectivity index (χ4v) is 2.45. The maximum Gasteiger partial charge on any atom is 0.326 e. The Labute approximate surface area is 147 Å². The minimum absolute atomic E-state index is 0.00914. The predicted molar refractivity (Wildman–Crippen MR) is 95.9 cm³/mol. The number of ether oxygens (including phenoxy) is 1. The van der Waals surface area contributed by atoms with E-state index in [2.05, 4.69) is 5.32 Å². The molecular formula is C17H33BN2O4. The minimum atomic E-state index is -1.52. The number of hydrogen-bond acceptors (Lipinski definition) is 6. The number of rotatable bonds is 10.